The van der Waals surface area contributed by atoms with Crippen LogP contribution in [0.5, 0.6) is 0 Å². The zero-order valence-electron chi connectivity index (χ0n) is 17.9. The molecule has 0 saturated heterocycles. The molecule has 1 aliphatic carbocycles. The Balaban J connectivity index is 0.00000160. The largest absolute Gasteiger partial charge is 1.00 e. The van der Waals surface area contributed by atoms with Crippen molar-refractivity contribution in [1.29, 1.82) is 0 Å². The summed E-state index contributed by atoms with van der Waals surface area (Å²) < 4.78 is 1.45. The Bertz CT molecular complexity index is 944. The van der Waals surface area contributed by atoms with E-state index in [1.54, 1.807) is 0 Å². The molecule has 0 saturated carbocycles. The topological polar surface area (TPSA) is 0 Å². The zero-order chi connectivity index (χ0) is 19.6. The monoisotopic (exact) mass is 504 g/mol. The van der Waals surface area contributed by atoms with Gasteiger partial charge in [0, 0.05) is 0 Å². The first-order chi connectivity index (χ1) is 13.7. The van der Waals surface area contributed by atoms with Crippen molar-refractivity contribution < 1.29 is 57.7 Å². The first-order valence-electron chi connectivity index (χ1n) is 10.3. The van der Waals surface area contributed by atoms with Gasteiger partial charge in [-0.25, -0.2) is 0 Å². The fraction of sp³-hybridized carbons (Fsp3) is 0.259. The standard InChI is InChI=1S/C27H27.3ClH.Ti/c1-3-4-19-27(23-14-7-5-8-15-23,24-16-9-6-10-17-24)26-21(2)20-22-13-11-12-18-25(22)26;;;;/h5-18,26H,3-4,19H2,1-2H3;3*1H;/q;;;;+3/p-3. The summed E-state index contributed by atoms with van der Waals surface area (Å²) in [5.74, 6) is 0.375. The van der Waals surface area contributed by atoms with E-state index in [9.17, 15) is 0 Å². The van der Waals surface area contributed by atoms with Gasteiger partial charge >= 0.3 is 182 Å². The fourth-order valence-electron chi connectivity index (χ4n) is 5.06. The van der Waals surface area contributed by atoms with Gasteiger partial charge in [0.25, 0.3) is 0 Å². The van der Waals surface area contributed by atoms with Gasteiger partial charge in [-0.3, -0.25) is 0 Å². The molecule has 1 aliphatic rings. The Morgan fingerprint density at radius 1 is 0.742 bits per heavy atom. The number of hydrogen-bond donors (Lipinski definition) is 0. The van der Waals surface area contributed by atoms with Crippen molar-refractivity contribution in [3.05, 3.63) is 113 Å². The second kappa shape index (κ2) is 12.3. The molecule has 31 heavy (non-hydrogen) atoms. The molecule has 4 heteroatoms. The maximum Gasteiger partial charge on any atom is -1.00 e. The molecular weight excluding hydrogens is 479 g/mol. The number of rotatable bonds is 6. The minimum Gasteiger partial charge on any atom is -1.00 e. The average Bonchev–Trinajstić information content (AvgIpc) is 3.02. The van der Waals surface area contributed by atoms with Crippen molar-refractivity contribution in [2.45, 2.75) is 44.4 Å². The van der Waals surface area contributed by atoms with Crippen LogP contribution in [-0.2, 0) is 25.9 Å². The first-order valence-corrected chi connectivity index (χ1v) is 11.1. The molecule has 0 aromatic heterocycles. The molecule has 1 atom stereocenters. The molecule has 0 bridgehead atoms. The Morgan fingerprint density at radius 3 is 1.74 bits per heavy atom. The van der Waals surface area contributed by atoms with E-state index in [4.69, 9.17) is 0 Å². The SMILES string of the molecule is CCCCC(c1ccccc1)(c1ccccc1)C1C(C)=[C]([Ti+3])c2ccccc21.[Cl-].[Cl-].[Cl-]. The van der Waals surface area contributed by atoms with Crippen LogP contribution in [0.4, 0.5) is 0 Å². The minimum absolute atomic E-state index is 0. The Hall–Kier alpha value is -1.02. The third-order valence-corrected chi connectivity index (χ3v) is 7.40. The molecule has 0 spiro atoms. The third-order valence-electron chi connectivity index (χ3n) is 6.36. The van der Waals surface area contributed by atoms with Gasteiger partial charge in [-0.2, -0.15) is 0 Å². The normalized spacial score (nSPS) is 14.8. The molecule has 0 heterocycles. The Morgan fingerprint density at radius 2 is 1.23 bits per heavy atom. The van der Waals surface area contributed by atoms with Crippen molar-refractivity contribution in [3.63, 3.8) is 0 Å². The average molecular weight is 506 g/mol. The van der Waals surface area contributed by atoms with Crippen molar-refractivity contribution in [1.82, 2.24) is 0 Å². The van der Waals surface area contributed by atoms with Gasteiger partial charge in [0.15, 0.2) is 0 Å². The van der Waals surface area contributed by atoms with E-state index in [2.05, 4.69) is 119 Å². The van der Waals surface area contributed by atoms with E-state index in [1.807, 2.05) is 0 Å². The molecule has 3 aromatic carbocycles. The molecule has 0 amide bonds. The summed E-state index contributed by atoms with van der Waals surface area (Å²) in [6.45, 7) is 4.66. The van der Waals surface area contributed by atoms with Crippen LogP contribution in [0.15, 0.2) is 90.5 Å². The number of allylic oxidation sites excluding steroid dienone is 1. The van der Waals surface area contributed by atoms with E-state index in [-0.39, 0.29) is 42.6 Å². The fourth-order valence-corrected chi connectivity index (χ4v) is 5.64. The van der Waals surface area contributed by atoms with Gasteiger partial charge in [-0.15, -0.1) is 0 Å². The summed E-state index contributed by atoms with van der Waals surface area (Å²) in [6.07, 6.45) is 3.58. The number of halogens is 3. The molecule has 0 nitrogen and oxygen atoms in total. The quantitative estimate of drug-likeness (QED) is 0.349. The molecule has 0 fully saturated rings. The molecule has 0 N–H and O–H groups in total. The molecule has 0 radical (unpaired) electrons. The van der Waals surface area contributed by atoms with E-state index in [0.717, 1.165) is 6.42 Å². The van der Waals surface area contributed by atoms with Crippen molar-refractivity contribution in [2.75, 3.05) is 0 Å². The Labute approximate surface area is 217 Å². The second-order valence-corrected chi connectivity index (χ2v) is 8.67. The van der Waals surface area contributed by atoms with Gasteiger partial charge in [0.1, 0.15) is 0 Å². The van der Waals surface area contributed by atoms with E-state index < -0.39 is 0 Å². The van der Waals surface area contributed by atoms with Gasteiger partial charge in [-0.05, 0) is 0 Å². The predicted molar refractivity (Wildman–Crippen MR) is 115 cm³/mol. The third kappa shape index (κ3) is 5.00. The van der Waals surface area contributed by atoms with Crippen LogP contribution in [0.1, 0.15) is 61.3 Å². The predicted octanol–water partition coefficient (Wildman–Crippen LogP) is -1.75. The van der Waals surface area contributed by atoms with Crippen LogP contribution in [0.3, 0.4) is 0 Å². The van der Waals surface area contributed by atoms with E-state index in [1.165, 1.54) is 44.5 Å². The maximum absolute atomic E-state index is 2.35. The summed E-state index contributed by atoms with van der Waals surface area (Å²) in [6, 6.07) is 31.5. The molecule has 4 rings (SSSR count). The first kappa shape index (κ1) is 28.0. The van der Waals surface area contributed by atoms with Crippen LogP contribution in [0, 0.1) is 0 Å². The number of unbranched alkanes of at least 4 members (excludes halogenated alkanes) is 1. The Kier molecular flexibility index (Phi) is 11.1. The molecule has 1 unspecified atom stereocenters. The van der Waals surface area contributed by atoms with Crippen molar-refractivity contribution in [2.24, 2.45) is 0 Å². The summed E-state index contributed by atoms with van der Waals surface area (Å²) in [5, 5.41) is 0. The van der Waals surface area contributed by atoms with Crippen LogP contribution in [0.2, 0.25) is 0 Å². The summed E-state index contributed by atoms with van der Waals surface area (Å²) in [5.41, 5.74) is 7.26. The smallest absolute Gasteiger partial charge is 1.00 e. The zero-order valence-corrected chi connectivity index (χ0v) is 21.7. The van der Waals surface area contributed by atoms with Crippen LogP contribution < -0.4 is 37.2 Å². The minimum atomic E-state index is -0.0452. The second-order valence-electron chi connectivity index (χ2n) is 7.89. The van der Waals surface area contributed by atoms with Gasteiger partial charge in [0.05, 0.1) is 0 Å². The van der Waals surface area contributed by atoms with Gasteiger partial charge < -0.3 is 37.2 Å². The van der Waals surface area contributed by atoms with Crippen LogP contribution in [-0.4, -0.2) is 0 Å². The van der Waals surface area contributed by atoms with Crippen LogP contribution in [0.25, 0.3) is 3.88 Å². The number of hydrogen-bond acceptors (Lipinski definition) is 0. The van der Waals surface area contributed by atoms with Crippen molar-refractivity contribution in [3.8, 4) is 0 Å². The molecule has 0 aliphatic heterocycles. The summed E-state index contributed by atoms with van der Waals surface area (Å²) in [4.78, 5) is 0. The van der Waals surface area contributed by atoms with Crippen LogP contribution >= 0.6 is 0 Å². The summed E-state index contributed by atoms with van der Waals surface area (Å²) in [7, 11) is 0. The van der Waals surface area contributed by atoms with Gasteiger partial charge in [0.2, 0.25) is 0 Å². The maximum atomic E-state index is 2.35. The van der Waals surface area contributed by atoms with Gasteiger partial charge in [-0.1, -0.05) is 0 Å². The number of benzene rings is 3. The van der Waals surface area contributed by atoms with Crippen molar-refractivity contribution >= 4 is 3.88 Å². The number of fused-ring (bicyclic) bond motifs is 1. The molecule has 160 valence electrons. The molecule has 3 aromatic rings. The van der Waals surface area contributed by atoms with E-state index >= 15 is 0 Å². The van der Waals surface area contributed by atoms with E-state index in [0.29, 0.717) is 5.92 Å². The molecular formula is C27H27Cl3Ti. The summed E-state index contributed by atoms with van der Waals surface area (Å²) >= 11 is 2.30.